The first-order valence-corrected chi connectivity index (χ1v) is 8.75. The number of hydrogen-bond donors (Lipinski definition) is 0. The van der Waals surface area contributed by atoms with Crippen LogP contribution < -0.4 is 0 Å². The van der Waals surface area contributed by atoms with Crippen molar-refractivity contribution >= 4 is 39.3 Å². The molecule has 4 nitrogen and oxygen atoms in total. The van der Waals surface area contributed by atoms with E-state index in [9.17, 15) is 13.2 Å². The highest BCUT2D eigenvalue weighted by Gasteiger charge is 2.34. The van der Waals surface area contributed by atoms with Crippen molar-refractivity contribution in [3.8, 4) is 0 Å². The van der Waals surface area contributed by atoms with Gasteiger partial charge in [0.1, 0.15) is 0 Å². The van der Waals surface area contributed by atoms with E-state index in [-0.39, 0.29) is 11.0 Å². The van der Waals surface area contributed by atoms with Gasteiger partial charge >= 0.3 is 5.97 Å². The molecule has 1 aliphatic rings. The van der Waals surface area contributed by atoms with Crippen molar-refractivity contribution in [3.05, 3.63) is 20.0 Å². The van der Waals surface area contributed by atoms with Crippen molar-refractivity contribution in [2.45, 2.75) is 39.0 Å². The van der Waals surface area contributed by atoms with Crippen LogP contribution in [0, 0.1) is 0 Å². The van der Waals surface area contributed by atoms with Gasteiger partial charge in [-0.15, -0.1) is 0 Å². The molecule has 0 aliphatic carbocycles. The van der Waals surface area contributed by atoms with Gasteiger partial charge in [-0.05, 0) is 38.5 Å². The Bertz CT molecular complexity index is 476. The average Bonchev–Trinajstić information content (AvgIpc) is 2.68. The molecule has 0 fully saturated rings. The maximum atomic E-state index is 12.2. The second-order valence-electron chi connectivity index (χ2n) is 4.17. The maximum Gasteiger partial charge on any atom is 0.351 e. The Kier molecular flexibility index (Phi) is 5.36. The van der Waals surface area contributed by atoms with Gasteiger partial charge in [0.05, 0.1) is 15.6 Å². The van der Waals surface area contributed by atoms with Gasteiger partial charge < -0.3 is 4.74 Å². The molecular weight excluding hydrogens is 292 g/mol. The molecule has 7 heteroatoms. The zero-order valence-corrected chi connectivity index (χ0v) is 13.1. The molecule has 102 valence electrons. The summed E-state index contributed by atoms with van der Waals surface area (Å²) in [6.45, 7) is 6.48. The third kappa shape index (κ3) is 3.55. The summed E-state index contributed by atoms with van der Waals surface area (Å²) in [4.78, 5) is 11.8. The molecule has 0 bridgehead atoms. The number of hydrogen-bond acceptors (Lipinski definition) is 6. The Morgan fingerprint density at radius 3 is 2.06 bits per heavy atom. The van der Waals surface area contributed by atoms with Crippen molar-refractivity contribution in [1.29, 1.82) is 0 Å². The molecule has 0 unspecified atom stereocenters. The monoisotopic (exact) mass is 308 g/mol. The molecule has 0 spiro atoms. The number of thioether (sulfide) groups is 2. The van der Waals surface area contributed by atoms with E-state index in [1.807, 2.05) is 0 Å². The van der Waals surface area contributed by atoms with Gasteiger partial charge in [-0.25, -0.2) is 13.2 Å². The van der Waals surface area contributed by atoms with Crippen LogP contribution in [0.25, 0.3) is 0 Å². The quantitative estimate of drug-likeness (QED) is 0.588. The van der Waals surface area contributed by atoms with Crippen LogP contribution in [-0.4, -0.2) is 25.7 Å². The molecule has 0 amide bonds. The van der Waals surface area contributed by atoms with Gasteiger partial charge in [-0.1, -0.05) is 23.5 Å². The van der Waals surface area contributed by atoms with E-state index in [0.29, 0.717) is 4.24 Å². The smallest absolute Gasteiger partial charge is 0.351 e. The fraction of sp³-hybridized carbons (Fsp3) is 0.545. The summed E-state index contributed by atoms with van der Waals surface area (Å²) >= 11 is 2.46. The van der Waals surface area contributed by atoms with Gasteiger partial charge in [-0.3, -0.25) is 0 Å². The lowest BCUT2D eigenvalue weighted by Crippen LogP contribution is -2.25. The van der Waals surface area contributed by atoms with Gasteiger partial charge in [0.15, 0.2) is 14.7 Å². The van der Waals surface area contributed by atoms with Crippen molar-refractivity contribution in [1.82, 2.24) is 0 Å². The molecule has 18 heavy (non-hydrogen) atoms. The number of ether oxygens (including phenoxy) is 1. The summed E-state index contributed by atoms with van der Waals surface area (Å²) in [7, 11) is -3.64. The second-order valence-corrected chi connectivity index (χ2v) is 8.70. The van der Waals surface area contributed by atoms with Gasteiger partial charge in [0, 0.05) is 0 Å². The number of carbonyl (C=O) groups is 1. The Morgan fingerprint density at radius 1 is 1.17 bits per heavy atom. The minimum absolute atomic E-state index is 0.216. The van der Waals surface area contributed by atoms with Crippen LogP contribution in [0.2, 0.25) is 0 Å². The maximum absolute atomic E-state index is 12.2. The predicted octanol–water partition coefficient (Wildman–Crippen LogP) is 2.88. The summed E-state index contributed by atoms with van der Waals surface area (Å²) in [5, 5.41) is 2.85. The number of esters is 1. The van der Waals surface area contributed by atoms with Crippen LogP contribution >= 0.6 is 23.5 Å². The van der Waals surface area contributed by atoms with Crippen LogP contribution in [0.15, 0.2) is 20.0 Å². The highest BCUT2D eigenvalue weighted by molar-refractivity contribution is 8.28. The van der Waals surface area contributed by atoms with E-state index < -0.39 is 21.1 Å². The molecule has 0 aromatic carbocycles. The first kappa shape index (κ1) is 15.7. The first-order chi connectivity index (χ1) is 8.26. The zero-order valence-electron chi connectivity index (χ0n) is 10.7. The summed E-state index contributed by atoms with van der Waals surface area (Å²) in [6, 6.07) is 0. The van der Waals surface area contributed by atoms with E-state index in [1.165, 1.54) is 23.5 Å². The Labute approximate surface area is 116 Å². The molecule has 1 aliphatic heterocycles. The molecule has 1 heterocycles. The number of rotatable bonds is 4. The molecule has 0 saturated carbocycles. The fourth-order valence-electron chi connectivity index (χ4n) is 1.13. The van der Waals surface area contributed by atoms with Crippen LogP contribution in [0.1, 0.15) is 27.7 Å². The molecule has 0 N–H and O–H groups in total. The van der Waals surface area contributed by atoms with E-state index >= 15 is 0 Å². The van der Waals surface area contributed by atoms with Gasteiger partial charge in [-0.2, -0.15) is 0 Å². The van der Waals surface area contributed by atoms with Crippen molar-refractivity contribution in [3.63, 3.8) is 0 Å². The molecule has 0 aromatic rings. The lowest BCUT2D eigenvalue weighted by Gasteiger charge is -2.15. The molecule has 0 radical (unpaired) electrons. The summed E-state index contributed by atoms with van der Waals surface area (Å²) < 4.78 is 30.0. The Balaban J connectivity index is 3.21. The summed E-state index contributed by atoms with van der Waals surface area (Å²) in [6.07, 6.45) is -0.347. The summed E-state index contributed by atoms with van der Waals surface area (Å²) in [5.74, 6) is -0.766. The lowest BCUT2D eigenvalue weighted by molar-refractivity contribution is -0.141. The van der Waals surface area contributed by atoms with Crippen molar-refractivity contribution in [2.24, 2.45) is 0 Å². The molecule has 0 aromatic heterocycles. The Hall–Kier alpha value is -0.400. The molecule has 0 atom stereocenters. The van der Waals surface area contributed by atoms with E-state index in [4.69, 9.17) is 4.74 Å². The zero-order chi connectivity index (χ0) is 13.9. The van der Waals surface area contributed by atoms with Crippen LogP contribution in [0.5, 0.6) is 0 Å². The third-order valence-electron chi connectivity index (χ3n) is 2.02. The van der Waals surface area contributed by atoms with Crippen molar-refractivity contribution in [2.75, 3.05) is 0 Å². The van der Waals surface area contributed by atoms with E-state index in [2.05, 4.69) is 0 Å². The van der Waals surface area contributed by atoms with E-state index in [0.717, 1.165) is 0 Å². The van der Waals surface area contributed by atoms with Crippen LogP contribution in [-0.2, 0) is 19.4 Å². The molecule has 1 rings (SSSR count). The second kappa shape index (κ2) is 6.16. The standard InChI is InChI=1S/C11H16O4S3/c1-7(2)15-10(12)9(11-16-5-6-17-11)18(13,14)8(3)4/h5-8H,1-4H3. The average molecular weight is 308 g/mol. The van der Waals surface area contributed by atoms with Crippen LogP contribution in [0.3, 0.4) is 0 Å². The predicted molar refractivity (Wildman–Crippen MR) is 76.6 cm³/mol. The lowest BCUT2D eigenvalue weighted by atomic mass is 10.5. The first-order valence-electron chi connectivity index (χ1n) is 5.44. The normalized spacial score (nSPS) is 15.6. The Morgan fingerprint density at radius 2 is 1.67 bits per heavy atom. The molecular formula is C11H16O4S3. The summed E-state index contributed by atoms with van der Waals surface area (Å²) in [5.41, 5.74) is 0. The third-order valence-corrected chi connectivity index (χ3v) is 6.59. The largest absolute Gasteiger partial charge is 0.459 e. The minimum Gasteiger partial charge on any atom is -0.459 e. The fourth-order valence-corrected chi connectivity index (χ4v) is 4.73. The number of sulfone groups is 1. The number of carbonyl (C=O) groups excluding carboxylic acids is 1. The minimum atomic E-state index is -3.64. The van der Waals surface area contributed by atoms with Crippen LogP contribution in [0.4, 0.5) is 0 Å². The van der Waals surface area contributed by atoms with Crippen molar-refractivity contribution < 1.29 is 17.9 Å². The van der Waals surface area contributed by atoms with Gasteiger partial charge in [0.25, 0.3) is 0 Å². The molecule has 0 saturated heterocycles. The highest BCUT2D eigenvalue weighted by Crippen LogP contribution is 2.42. The topological polar surface area (TPSA) is 60.4 Å². The van der Waals surface area contributed by atoms with Gasteiger partial charge in [0.2, 0.25) is 0 Å². The van der Waals surface area contributed by atoms with E-state index in [1.54, 1.807) is 38.5 Å². The highest BCUT2D eigenvalue weighted by atomic mass is 32.2. The SMILES string of the molecule is CC(C)OC(=O)C(=C1SC=CS1)S(=O)(=O)C(C)C.